The highest BCUT2D eigenvalue weighted by Gasteiger charge is 2.26. The monoisotopic (exact) mass is 327 g/mol. The standard InChI is InChI=1S/C20H27NO.C2H6/c1-19(2,3)14-20(4,5)15-9-11-16(12-10-15)21-17-7-6-8-18(22)13-17;1-2/h6-13,21-22H,14H2,1-5H3;1-2H3. The van der Waals surface area contributed by atoms with Crippen LogP contribution in [-0.4, -0.2) is 5.11 Å². The molecule has 2 nitrogen and oxygen atoms in total. The van der Waals surface area contributed by atoms with Gasteiger partial charge in [-0.3, -0.25) is 0 Å². The van der Waals surface area contributed by atoms with Crippen LogP contribution in [0.4, 0.5) is 11.4 Å². The van der Waals surface area contributed by atoms with Gasteiger partial charge in [0.15, 0.2) is 0 Å². The smallest absolute Gasteiger partial charge is 0.117 e. The van der Waals surface area contributed by atoms with Gasteiger partial charge in [-0.25, -0.2) is 0 Å². The molecule has 0 saturated carbocycles. The first-order valence-corrected chi connectivity index (χ1v) is 8.82. The van der Waals surface area contributed by atoms with E-state index in [1.807, 2.05) is 26.0 Å². The molecule has 0 saturated heterocycles. The fourth-order valence-corrected chi connectivity index (χ4v) is 3.18. The number of anilines is 2. The Morgan fingerprint density at radius 2 is 1.42 bits per heavy atom. The van der Waals surface area contributed by atoms with Crippen molar-refractivity contribution in [3.8, 4) is 5.75 Å². The molecule has 0 heterocycles. The molecule has 0 aliphatic carbocycles. The fraction of sp³-hybridized carbons (Fsp3) is 0.455. The molecule has 0 fully saturated rings. The summed E-state index contributed by atoms with van der Waals surface area (Å²) in [6.07, 6.45) is 1.14. The van der Waals surface area contributed by atoms with Crippen molar-refractivity contribution in [2.45, 2.75) is 60.3 Å². The van der Waals surface area contributed by atoms with Crippen molar-refractivity contribution in [3.05, 3.63) is 54.1 Å². The van der Waals surface area contributed by atoms with Crippen LogP contribution < -0.4 is 5.32 Å². The zero-order chi connectivity index (χ0) is 18.4. The Balaban J connectivity index is 0.00000139. The summed E-state index contributed by atoms with van der Waals surface area (Å²) in [6, 6.07) is 15.7. The number of nitrogens with one attached hydrogen (secondary N) is 1. The van der Waals surface area contributed by atoms with E-state index in [1.54, 1.807) is 12.1 Å². The minimum Gasteiger partial charge on any atom is -0.508 e. The normalized spacial score (nSPS) is 11.5. The first-order valence-electron chi connectivity index (χ1n) is 8.82. The van der Waals surface area contributed by atoms with Crippen molar-refractivity contribution in [1.82, 2.24) is 0 Å². The zero-order valence-electron chi connectivity index (χ0n) is 16.3. The van der Waals surface area contributed by atoms with E-state index in [1.165, 1.54) is 5.56 Å². The quantitative estimate of drug-likeness (QED) is 0.641. The van der Waals surface area contributed by atoms with Crippen LogP contribution in [0.2, 0.25) is 0 Å². The molecule has 132 valence electrons. The van der Waals surface area contributed by atoms with Gasteiger partial charge in [-0.05, 0) is 47.1 Å². The molecule has 0 amide bonds. The molecule has 24 heavy (non-hydrogen) atoms. The lowest BCUT2D eigenvalue weighted by molar-refractivity contribution is 0.284. The van der Waals surface area contributed by atoms with Crippen LogP contribution in [0.3, 0.4) is 0 Å². The largest absolute Gasteiger partial charge is 0.508 e. The average Bonchev–Trinajstić information content (AvgIpc) is 2.47. The van der Waals surface area contributed by atoms with E-state index in [2.05, 4.69) is 64.2 Å². The van der Waals surface area contributed by atoms with Crippen LogP contribution in [0.25, 0.3) is 0 Å². The minimum atomic E-state index is 0.155. The minimum absolute atomic E-state index is 0.155. The maximum absolute atomic E-state index is 9.51. The summed E-state index contributed by atoms with van der Waals surface area (Å²) in [7, 11) is 0. The molecule has 0 aliphatic heterocycles. The lowest BCUT2D eigenvalue weighted by atomic mass is 9.72. The predicted molar refractivity (Wildman–Crippen MR) is 106 cm³/mol. The number of rotatable bonds is 4. The summed E-state index contributed by atoms with van der Waals surface area (Å²) in [5, 5.41) is 12.8. The number of phenolic OH excluding ortho intramolecular Hbond substituents is 1. The molecule has 0 atom stereocenters. The van der Waals surface area contributed by atoms with E-state index in [0.717, 1.165) is 17.8 Å². The van der Waals surface area contributed by atoms with Gasteiger partial charge in [-0.15, -0.1) is 0 Å². The van der Waals surface area contributed by atoms with E-state index in [4.69, 9.17) is 0 Å². The van der Waals surface area contributed by atoms with Crippen LogP contribution >= 0.6 is 0 Å². The van der Waals surface area contributed by atoms with E-state index in [9.17, 15) is 5.11 Å². The molecule has 0 aliphatic rings. The molecule has 2 aromatic rings. The van der Waals surface area contributed by atoms with Crippen molar-refractivity contribution in [2.75, 3.05) is 5.32 Å². The van der Waals surface area contributed by atoms with Gasteiger partial charge >= 0.3 is 0 Å². The molecule has 2 heteroatoms. The summed E-state index contributed by atoms with van der Waals surface area (Å²) >= 11 is 0. The van der Waals surface area contributed by atoms with Crippen LogP contribution in [0.5, 0.6) is 5.75 Å². The Labute approximate surface area is 147 Å². The summed E-state index contributed by atoms with van der Waals surface area (Å²) in [5.74, 6) is 0.271. The fourth-order valence-electron chi connectivity index (χ4n) is 3.18. The molecular weight excluding hydrogens is 294 g/mol. The molecular formula is C22H33NO. The summed E-state index contributed by atoms with van der Waals surface area (Å²) in [4.78, 5) is 0. The molecule has 2 aromatic carbocycles. The average molecular weight is 328 g/mol. The number of hydrogen-bond donors (Lipinski definition) is 2. The van der Waals surface area contributed by atoms with Gasteiger partial charge < -0.3 is 10.4 Å². The van der Waals surface area contributed by atoms with Gasteiger partial charge in [0.25, 0.3) is 0 Å². The first kappa shape index (κ1) is 20.1. The van der Waals surface area contributed by atoms with Crippen molar-refractivity contribution in [1.29, 1.82) is 0 Å². The van der Waals surface area contributed by atoms with E-state index in [0.29, 0.717) is 5.41 Å². The van der Waals surface area contributed by atoms with Crippen molar-refractivity contribution >= 4 is 11.4 Å². The molecule has 0 aromatic heterocycles. The van der Waals surface area contributed by atoms with E-state index in [-0.39, 0.29) is 11.2 Å². The number of benzene rings is 2. The second-order valence-electron chi connectivity index (χ2n) is 7.87. The van der Waals surface area contributed by atoms with Crippen molar-refractivity contribution in [3.63, 3.8) is 0 Å². The Morgan fingerprint density at radius 1 is 0.833 bits per heavy atom. The highest BCUT2D eigenvalue weighted by molar-refractivity contribution is 5.61. The summed E-state index contributed by atoms with van der Waals surface area (Å²) < 4.78 is 0. The zero-order valence-corrected chi connectivity index (χ0v) is 16.3. The maximum atomic E-state index is 9.51. The third kappa shape index (κ3) is 6.27. The topological polar surface area (TPSA) is 32.3 Å². The van der Waals surface area contributed by atoms with Crippen molar-refractivity contribution in [2.24, 2.45) is 5.41 Å². The van der Waals surface area contributed by atoms with Gasteiger partial charge in [0.2, 0.25) is 0 Å². The molecule has 0 unspecified atom stereocenters. The summed E-state index contributed by atoms with van der Waals surface area (Å²) in [6.45, 7) is 15.5. The second-order valence-corrected chi connectivity index (χ2v) is 7.87. The Bertz CT molecular complexity index is 621. The van der Waals surface area contributed by atoms with Gasteiger partial charge in [0.1, 0.15) is 5.75 Å². The SMILES string of the molecule is CC.CC(C)(C)CC(C)(C)c1ccc(Nc2cccc(O)c2)cc1. The third-order valence-electron chi connectivity index (χ3n) is 3.77. The van der Waals surface area contributed by atoms with E-state index >= 15 is 0 Å². The second kappa shape index (κ2) is 8.23. The van der Waals surface area contributed by atoms with Crippen molar-refractivity contribution < 1.29 is 5.11 Å². The molecule has 2 rings (SSSR count). The molecule has 0 spiro atoms. The Hall–Kier alpha value is -1.96. The summed E-state index contributed by atoms with van der Waals surface area (Å²) in [5.41, 5.74) is 3.73. The van der Waals surface area contributed by atoms with Crippen LogP contribution in [0.15, 0.2) is 48.5 Å². The van der Waals surface area contributed by atoms with Gasteiger partial charge in [0, 0.05) is 17.4 Å². The number of hydrogen-bond acceptors (Lipinski definition) is 2. The lowest BCUT2D eigenvalue weighted by Gasteiger charge is -2.33. The Morgan fingerprint density at radius 3 is 1.92 bits per heavy atom. The van der Waals surface area contributed by atoms with Crippen LogP contribution in [0, 0.1) is 5.41 Å². The van der Waals surface area contributed by atoms with Crippen LogP contribution in [0.1, 0.15) is 60.5 Å². The van der Waals surface area contributed by atoms with Gasteiger partial charge in [0.05, 0.1) is 0 Å². The molecule has 0 bridgehead atoms. The van der Waals surface area contributed by atoms with Crippen LogP contribution in [-0.2, 0) is 5.41 Å². The lowest BCUT2D eigenvalue weighted by Crippen LogP contribution is -2.24. The third-order valence-corrected chi connectivity index (χ3v) is 3.77. The Kier molecular flexibility index (Phi) is 6.89. The maximum Gasteiger partial charge on any atom is 0.117 e. The van der Waals surface area contributed by atoms with E-state index < -0.39 is 0 Å². The molecule has 2 N–H and O–H groups in total. The predicted octanol–water partition coefficient (Wildman–Crippen LogP) is 6.88. The highest BCUT2D eigenvalue weighted by Crippen LogP contribution is 2.36. The molecule has 0 radical (unpaired) electrons. The number of phenols is 1. The van der Waals surface area contributed by atoms with Gasteiger partial charge in [-0.2, -0.15) is 0 Å². The highest BCUT2D eigenvalue weighted by atomic mass is 16.3. The first-order chi connectivity index (χ1) is 11.2. The number of aromatic hydroxyl groups is 1. The van der Waals surface area contributed by atoms with Gasteiger partial charge in [-0.1, -0.05) is 66.7 Å².